The van der Waals surface area contributed by atoms with E-state index in [2.05, 4.69) is 21.2 Å². The second-order valence-electron chi connectivity index (χ2n) is 7.48. The number of hydrogen-bond donors (Lipinski definition) is 2. The average molecular weight is 401 g/mol. The van der Waals surface area contributed by atoms with Gasteiger partial charge in [0.25, 0.3) is 0 Å². The standard InChI is InChI=1S/C19H28N4O.2ClH/c20-17-4-1-5-18-16(17)3-2-10-23(18)13-19(24)21-14-8-11-22(12-9-14)15-6-7-15;;/h1,4-5,14-15H,2-3,6-13,20H2,(H,21,24);2*1H. The maximum atomic E-state index is 12.5. The third kappa shape index (κ3) is 4.76. The molecule has 3 N–H and O–H groups in total. The zero-order valence-corrected chi connectivity index (χ0v) is 16.8. The van der Waals surface area contributed by atoms with Gasteiger partial charge in [0.05, 0.1) is 6.54 Å². The summed E-state index contributed by atoms with van der Waals surface area (Å²) in [7, 11) is 0. The van der Waals surface area contributed by atoms with Crippen LogP contribution in [0.1, 0.15) is 37.7 Å². The van der Waals surface area contributed by atoms with Crippen molar-refractivity contribution < 1.29 is 4.79 Å². The highest BCUT2D eigenvalue weighted by Crippen LogP contribution is 2.31. The van der Waals surface area contributed by atoms with Crippen LogP contribution in [0.5, 0.6) is 0 Å². The Morgan fingerprint density at radius 2 is 1.85 bits per heavy atom. The van der Waals surface area contributed by atoms with Crippen LogP contribution in [0.2, 0.25) is 0 Å². The summed E-state index contributed by atoms with van der Waals surface area (Å²) in [6.45, 7) is 3.65. The van der Waals surface area contributed by atoms with Gasteiger partial charge in [-0.15, -0.1) is 24.8 Å². The van der Waals surface area contributed by atoms with E-state index in [9.17, 15) is 4.79 Å². The number of fused-ring (bicyclic) bond motifs is 1. The number of carbonyl (C=O) groups excluding carboxylic acids is 1. The first kappa shape index (κ1) is 21.1. The number of amides is 1. The van der Waals surface area contributed by atoms with Crippen molar-refractivity contribution in [3.63, 3.8) is 0 Å². The number of rotatable bonds is 4. The summed E-state index contributed by atoms with van der Waals surface area (Å²) in [4.78, 5) is 17.3. The summed E-state index contributed by atoms with van der Waals surface area (Å²) in [6, 6.07) is 7.22. The molecule has 0 bridgehead atoms. The Bertz CT molecular complexity index is 616. The number of nitrogens with two attached hydrogens (primary N) is 1. The topological polar surface area (TPSA) is 61.6 Å². The molecule has 0 aromatic heterocycles. The number of nitrogens with one attached hydrogen (secondary N) is 1. The molecule has 1 aromatic carbocycles. The number of nitrogens with zero attached hydrogens (tertiary/aromatic N) is 2. The van der Waals surface area contributed by atoms with E-state index in [1.165, 1.54) is 18.4 Å². The molecule has 146 valence electrons. The molecule has 1 saturated heterocycles. The number of likely N-dealkylation sites (tertiary alicyclic amines) is 1. The van der Waals surface area contributed by atoms with Crippen molar-refractivity contribution in [1.82, 2.24) is 10.2 Å². The highest BCUT2D eigenvalue weighted by atomic mass is 35.5. The zero-order valence-electron chi connectivity index (χ0n) is 15.2. The summed E-state index contributed by atoms with van der Waals surface area (Å²) >= 11 is 0. The molecule has 26 heavy (non-hydrogen) atoms. The molecule has 1 aliphatic carbocycles. The van der Waals surface area contributed by atoms with Gasteiger partial charge in [-0.05, 0) is 56.2 Å². The fourth-order valence-electron chi connectivity index (χ4n) is 4.19. The van der Waals surface area contributed by atoms with Crippen molar-refractivity contribution in [2.45, 2.75) is 50.6 Å². The molecular weight excluding hydrogens is 371 g/mol. The smallest absolute Gasteiger partial charge is 0.239 e. The summed E-state index contributed by atoms with van der Waals surface area (Å²) in [6.07, 6.45) is 6.99. The van der Waals surface area contributed by atoms with E-state index in [4.69, 9.17) is 5.73 Å². The molecule has 0 unspecified atom stereocenters. The molecule has 4 rings (SSSR count). The predicted octanol–water partition coefficient (Wildman–Crippen LogP) is 2.61. The third-order valence-corrected chi connectivity index (χ3v) is 5.68. The number of anilines is 2. The van der Waals surface area contributed by atoms with Gasteiger partial charge in [-0.2, -0.15) is 0 Å². The quantitative estimate of drug-likeness (QED) is 0.762. The number of hydrogen-bond acceptors (Lipinski definition) is 4. The molecule has 0 spiro atoms. The lowest BCUT2D eigenvalue weighted by molar-refractivity contribution is -0.120. The second kappa shape index (κ2) is 9.16. The summed E-state index contributed by atoms with van der Waals surface area (Å²) in [5.41, 5.74) is 9.29. The summed E-state index contributed by atoms with van der Waals surface area (Å²) in [5.74, 6) is 0.148. The van der Waals surface area contributed by atoms with Gasteiger partial charge in [0, 0.05) is 43.1 Å². The molecular formula is C19H30Cl2N4O. The van der Waals surface area contributed by atoms with E-state index < -0.39 is 0 Å². The number of piperidine rings is 1. The molecule has 2 aliphatic heterocycles. The lowest BCUT2D eigenvalue weighted by atomic mass is 10.00. The van der Waals surface area contributed by atoms with Crippen LogP contribution in [-0.2, 0) is 11.2 Å². The highest BCUT2D eigenvalue weighted by molar-refractivity contribution is 5.85. The Balaban J connectivity index is 0.00000121. The first-order valence-corrected chi connectivity index (χ1v) is 9.36. The van der Waals surface area contributed by atoms with Gasteiger partial charge < -0.3 is 20.9 Å². The van der Waals surface area contributed by atoms with Crippen molar-refractivity contribution in [2.24, 2.45) is 0 Å². The van der Waals surface area contributed by atoms with Gasteiger partial charge in [-0.1, -0.05) is 6.07 Å². The minimum absolute atomic E-state index is 0. The van der Waals surface area contributed by atoms with Crippen LogP contribution < -0.4 is 16.0 Å². The van der Waals surface area contributed by atoms with E-state index in [1.807, 2.05) is 12.1 Å². The van der Waals surface area contributed by atoms with Crippen LogP contribution >= 0.6 is 24.8 Å². The van der Waals surface area contributed by atoms with Gasteiger partial charge in [-0.25, -0.2) is 0 Å². The van der Waals surface area contributed by atoms with E-state index in [0.29, 0.717) is 12.6 Å². The van der Waals surface area contributed by atoms with E-state index in [-0.39, 0.29) is 30.7 Å². The minimum Gasteiger partial charge on any atom is -0.398 e. The van der Waals surface area contributed by atoms with Crippen molar-refractivity contribution in [2.75, 3.05) is 36.8 Å². The van der Waals surface area contributed by atoms with Gasteiger partial charge in [-0.3, -0.25) is 4.79 Å². The van der Waals surface area contributed by atoms with Crippen LogP contribution in [-0.4, -0.2) is 49.1 Å². The Morgan fingerprint density at radius 3 is 2.54 bits per heavy atom. The predicted molar refractivity (Wildman–Crippen MR) is 112 cm³/mol. The van der Waals surface area contributed by atoms with Crippen molar-refractivity contribution in [3.05, 3.63) is 23.8 Å². The number of nitrogen functional groups attached to an aromatic ring is 1. The molecule has 1 amide bonds. The monoisotopic (exact) mass is 400 g/mol. The molecule has 3 aliphatic rings. The maximum absolute atomic E-state index is 12.5. The van der Waals surface area contributed by atoms with Gasteiger partial charge >= 0.3 is 0 Å². The van der Waals surface area contributed by atoms with E-state index in [1.54, 1.807) is 0 Å². The molecule has 1 aromatic rings. The lowest BCUT2D eigenvalue weighted by Gasteiger charge is -2.34. The largest absolute Gasteiger partial charge is 0.398 e. The van der Waals surface area contributed by atoms with Crippen LogP contribution in [0.4, 0.5) is 11.4 Å². The highest BCUT2D eigenvalue weighted by Gasteiger charge is 2.32. The van der Waals surface area contributed by atoms with Crippen molar-refractivity contribution in [3.8, 4) is 0 Å². The van der Waals surface area contributed by atoms with E-state index in [0.717, 1.165) is 62.7 Å². The Kier molecular flexibility index (Phi) is 7.44. The zero-order chi connectivity index (χ0) is 16.5. The number of halogens is 2. The molecule has 1 saturated carbocycles. The van der Waals surface area contributed by atoms with Gasteiger partial charge in [0.1, 0.15) is 0 Å². The van der Waals surface area contributed by atoms with E-state index >= 15 is 0 Å². The normalized spacial score (nSPS) is 20.5. The fraction of sp³-hybridized carbons (Fsp3) is 0.632. The first-order valence-electron chi connectivity index (χ1n) is 9.36. The molecule has 5 nitrogen and oxygen atoms in total. The molecule has 7 heteroatoms. The lowest BCUT2D eigenvalue weighted by Crippen LogP contribution is -2.48. The van der Waals surface area contributed by atoms with Crippen LogP contribution in [0.3, 0.4) is 0 Å². The van der Waals surface area contributed by atoms with Crippen molar-refractivity contribution >= 4 is 42.1 Å². The molecule has 2 heterocycles. The average Bonchev–Trinajstić information content (AvgIpc) is 3.41. The van der Waals surface area contributed by atoms with Crippen molar-refractivity contribution in [1.29, 1.82) is 0 Å². The van der Waals surface area contributed by atoms with Crippen LogP contribution in [0.25, 0.3) is 0 Å². The molecule has 2 fully saturated rings. The van der Waals surface area contributed by atoms with Crippen LogP contribution in [0, 0.1) is 0 Å². The minimum atomic E-state index is 0. The first-order chi connectivity index (χ1) is 11.7. The number of carbonyl (C=O) groups is 1. The van der Waals surface area contributed by atoms with Gasteiger partial charge in [0.15, 0.2) is 0 Å². The number of benzene rings is 1. The maximum Gasteiger partial charge on any atom is 0.239 e. The summed E-state index contributed by atoms with van der Waals surface area (Å²) < 4.78 is 0. The Hall–Kier alpha value is -1.17. The van der Waals surface area contributed by atoms with Gasteiger partial charge in [0.2, 0.25) is 5.91 Å². The molecule has 0 radical (unpaired) electrons. The second-order valence-corrected chi connectivity index (χ2v) is 7.48. The SMILES string of the molecule is Cl.Cl.Nc1cccc2c1CCCN2CC(=O)NC1CCN(C2CC2)CC1. The fourth-order valence-corrected chi connectivity index (χ4v) is 4.19. The third-order valence-electron chi connectivity index (χ3n) is 5.68. The Morgan fingerprint density at radius 1 is 1.12 bits per heavy atom. The Labute approximate surface area is 168 Å². The van der Waals surface area contributed by atoms with Crippen LogP contribution in [0.15, 0.2) is 18.2 Å². The molecule has 0 atom stereocenters. The summed E-state index contributed by atoms with van der Waals surface area (Å²) in [5, 5.41) is 3.25.